The number of methoxy groups -OCH3 is 2. The number of halogens is 2. The van der Waals surface area contributed by atoms with Crippen molar-refractivity contribution in [2.75, 3.05) is 27.9 Å². The number of aliphatic hydroxyl groups is 1. The van der Waals surface area contributed by atoms with Gasteiger partial charge in [-0.1, -0.05) is 65.7 Å². The maximum Gasteiger partial charge on any atom is 0.326 e. The van der Waals surface area contributed by atoms with Crippen molar-refractivity contribution in [3.05, 3.63) is 86.9 Å². The Balaban J connectivity index is 1.42. The van der Waals surface area contributed by atoms with E-state index in [0.717, 1.165) is 45.5 Å². The van der Waals surface area contributed by atoms with Crippen LogP contribution in [0.1, 0.15) is 41.7 Å². The molecule has 242 valence electrons. The van der Waals surface area contributed by atoms with Crippen LogP contribution >= 0.6 is 23.2 Å². The maximum atomic E-state index is 11.6. The molecule has 2 heterocycles. The molecule has 12 heteroatoms. The number of carboxylic acids is 1. The molecule has 46 heavy (non-hydrogen) atoms. The summed E-state index contributed by atoms with van der Waals surface area (Å²) in [6.07, 6.45) is 1.14. The summed E-state index contributed by atoms with van der Waals surface area (Å²) in [6.45, 7) is 1.48. The van der Waals surface area contributed by atoms with Crippen LogP contribution in [-0.2, 0) is 24.3 Å². The summed E-state index contributed by atoms with van der Waals surface area (Å²) in [5, 5.41) is 25.8. The third kappa shape index (κ3) is 6.63. The average Bonchev–Trinajstić information content (AvgIpc) is 3.47. The molecule has 1 aliphatic carbocycles. The first-order chi connectivity index (χ1) is 22.1. The second kappa shape index (κ2) is 14.2. The lowest BCUT2D eigenvalue weighted by atomic mass is 9.94. The summed E-state index contributed by atoms with van der Waals surface area (Å²) in [4.78, 5) is 20.8. The topological polar surface area (TPSA) is 135 Å². The van der Waals surface area contributed by atoms with Crippen LogP contribution in [0.5, 0.6) is 17.6 Å². The molecule has 4 N–H and O–H groups in total. The summed E-state index contributed by atoms with van der Waals surface area (Å²) in [7, 11) is 4.94. The molecule has 0 saturated carbocycles. The Kier molecular flexibility index (Phi) is 10.3. The fraction of sp³-hybridized carbons (Fsp3) is 0.324. The van der Waals surface area contributed by atoms with Gasteiger partial charge < -0.3 is 29.7 Å². The van der Waals surface area contributed by atoms with E-state index in [0.29, 0.717) is 29.4 Å². The molecular formula is C34H36Cl2N4O6. The van der Waals surface area contributed by atoms with Gasteiger partial charge in [0, 0.05) is 35.3 Å². The molecule has 2 aromatic heterocycles. The molecule has 2 aromatic carbocycles. The highest BCUT2D eigenvalue weighted by atomic mass is 35.5. The number of hydrogen-bond donors (Lipinski definition) is 4. The van der Waals surface area contributed by atoms with Gasteiger partial charge in [0.1, 0.15) is 16.7 Å². The smallest absolute Gasteiger partial charge is 0.326 e. The number of nitrogens with zero attached hydrogens (tertiary/aromatic N) is 2. The third-order valence-electron chi connectivity index (χ3n) is 8.17. The third-order valence-corrected chi connectivity index (χ3v) is 8.85. The normalized spacial score (nSPS) is 15.2. The highest BCUT2D eigenvalue weighted by Crippen LogP contribution is 2.44. The van der Waals surface area contributed by atoms with Crippen LogP contribution < -0.4 is 24.8 Å². The van der Waals surface area contributed by atoms with Crippen LogP contribution in [0.15, 0.2) is 54.6 Å². The zero-order valence-electron chi connectivity index (χ0n) is 26.0. The first kappa shape index (κ1) is 33.4. The van der Waals surface area contributed by atoms with E-state index in [1.807, 2.05) is 49.5 Å². The lowest BCUT2D eigenvalue weighted by Gasteiger charge is -2.24. The van der Waals surface area contributed by atoms with E-state index >= 15 is 0 Å². The van der Waals surface area contributed by atoms with Gasteiger partial charge in [0.05, 0.1) is 31.5 Å². The van der Waals surface area contributed by atoms with E-state index in [9.17, 15) is 15.0 Å². The number of ether oxygens (including phenoxy) is 3. The van der Waals surface area contributed by atoms with Gasteiger partial charge in [0.15, 0.2) is 0 Å². The fourth-order valence-corrected chi connectivity index (χ4v) is 6.10. The van der Waals surface area contributed by atoms with Gasteiger partial charge >= 0.3 is 5.97 Å². The molecule has 2 atom stereocenters. The van der Waals surface area contributed by atoms with Crippen LogP contribution in [0.3, 0.4) is 0 Å². The van der Waals surface area contributed by atoms with Crippen LogP contribution in [0, 0.1) is 0 Å². The number of nitrogens with one attached hydrogen (secondary N) is 2. The molecule has 0 radical (unpaired) electrons. The first-order valence-electron chi connectivity index (χ1n) is 14.7. The Bertz CT molecular complexity index is 1750. The molecule has 5 rings (SSSR count). The molecule has 0 unspecified atom stereocenters. The van der Waals surface area contributed by atoms with E-state index in [4.69, 9.17) is 42.4 Å². The predicted octanol–water partition coefficient (Wildman–Crippen LogP) is 5.85. The summed E-state index contributed by atoms with van der Waals surface area (Å²) in [5.74, 6) is -0.199. The number of aromatic nitrogens is 2. The predicted molar refractivity (Wildman–Crippen MR) is 177 cm³/mol. The van der Waals surface area contributed by atoms with Gasteiger partial charge in [-0.05, 0) is 55.6 Å². The SMILES string of the molecule is CNCc1ccc(-c2cccc(-c3cccc4c3CC[C@@H]4Oc3nc(OC)c(CN[C@@](C)(CO)C(=O)O)cc3Cl)c2Cl)nc1OC. The monoisotopic (exact) mass is 666 g/mol. The Labute approximate surface area is 277 Å². The molecule has 0 bridgehead atoms. The Morgan fingerprint density at radius 2 is 1.65 bits per heavy atom. The molecule has 0 spiro atoms. The van der Waals surface area contributed by atoms with Crippen molar-refractivity contribution in [2.24, 2.45) is 0 Å². The maximum absolute atomic E-state index is 11.6. The van der Waals surface area contributed by atoms with Crippen molar-refractivity contribution in [1.82, 2.24) is 20.6 Å². The van der Waals surface area contributed by atoms with Crippen molar-refractivity contribution in [3.63, 3.8) is 0 Å². The van der Waals surface area contributed by atoms with Crippen molar-refractivity contribution < 1.29 is 29.2 Å². The van der Waals surface area contributed by atoms with Crippen LogP contribution in [-0.4, -0.2) is 59.6 Å². The molecular weight excluding hydrogens is 631 g/mol. The van der Waals surface area contributed by atoms with E-state index in [1.54, 1.807) is 13.2 Å². The standard InChI is InChI=1S/C34H36Cl2N4O6/c1-34(18-41,33(42)43)38-17-20-15-26(35)32(40-31(20)45-4)46-28-14-12-22-21(7-5-8-23(22)28)24-9-6-10-25(29(24)36)27-13-11-19(16-37-2)30(39-27)44-3/h5-11,13,15,28,37-38,41H,12,14,16-18H2,1-4H3,(H,42,43)/t28-,34-/m0/s1. The fourth-order valence-electron chi connectivity index (χ4n) is 5.55. The average molecular weight is 668 g/mol. The molecule has 1 aliphatic rings. The van der Waals surface area contributed by atoms with Gasteiger partial charge in [0.2, 0.25) is 17.6 Å². The Morgan fingerprint density at radius 1 is 0.957 bits per heavy atom. The summed E-state index contributed by atoms with van der Waals surface area (Å²) < 4.78 is 17.4. The van der Waals surface area contributed by atoms with E-state index in [2.05, 4.69) is 21.7 Å². The Hall–Kier alpha value is -3.93. The van der Waals surface area contributed by atoms with Gasteiger partial charge in [-0.15, -0.1) is 0 Å². The summed E-state index contributed by atoms with van der Waals surface area (Å²) in [5.41, 5.74) is 5.50. The molecule has 0 saturated heterocycles. The number of fused-ring (bicyclic) bond motifs is 1. The number of pyridine rings is 2. The van der Waals surface area contributed by atoms with Gasteiger partial charge in [-0.2, -0.15) is 4.98 Å². The van der Waals surface area contributed by atoms with Crippen LogP contribution in [0.4, 0.5) is 0 Å². The minimum Gasteiger partial charge on any atom is -0.481 e. The minimum atomic E-state index is -1.54. The zero-order valence-corrected chi connectivity index (χ0v) is 27.5. The number of carbonyl (C=O) groups is 1. The number of aliphatic carboxylic acids is 1. The molecule has 4 aromatic rings. The van der Waals surface area contributed by atoms with Crippen molar-refractivity contribution >= 4 is 29.2 Å². The quantitative estimate of drug-likeness (QED) is 0.138. The lowest BCUT2D eigenvalue weighted by Crippen LogP contribution is -2.52. The number of benzene rings is 2. The van der Waals surface area contributed by atoms with E-state index in [-0.39, 0.29) is 29.4 Å². The van der Waals surface area contributed by atoms with Crippen molar-refractivity contribution in [2.45, 2.75) is 44.5 Å². The summed E-state index contributed by atoms with van der Waals surface area (Å²) in [6, 6.07) is 17.6. The van der Waals surface area contributed by atoms with Crippen LogP contribution in [0.25, 0.3) is 22.4 Å². The van der Waals surface area contributed by atoms with E-state index < -0.39 is 18.1 Å². The molecule has 0 fully saturated rings. The second-order valence-corrected chi connectivity index (χ2v) is 12.0. The molecule has 0 aliphatic heterocycles. The highest BCUT2D eigenvalue weighted by Gasteiger charge is 2.33. The first-order valence-corrected chi connectivity index (χ1v) is 15.5. The number of aliphatic hydroxyl groups excluding tert-OH is 1. The van der Waals surface area contributed by atoms with Gasteiger partial charge in [-0.25, -0.2) is 4.98 Å². The minimum absolute atomic E-state index is 0.0529. The molecule has 10 nitrogen and oxygen atoms in total. The largest absolute Gasteiger partial charge is 0.481 e. The van der Waals surface area contributed by atoms with Gasteiger partial charge in [-0.3, -0.25) is 10.1 Å². The number of rotatable bonds is 13. The lowest BCUT2D eigenvalue weighted by molar-refractivity contribution is -0.145. The van der Waals surface area contributed by atoms with E-state index in [1.165, 1.54) is 14.0 Å². The molecule has 0 amide bonds. The zero-order chi connectivity index (χ0) is 33.0. The number of carboxylic acid groups (broad SMARTS) is 1. The highest BCUT2D eigenvalue weighted by molar-refractivity contribution is 6.36. The summed E-state index contributed by atoms with van der Waals surface area (Å²) >= 11 is 13.7. The number of hydrogen-bond acceptors (Lipinski definition) is 9. The second-order valence-electron chi connectivity index (χ2n) is 11.2. The van der Waals surface area contributed by atoms with Crippen molar-refractivity contribution in [1.29, 1.82) is 0 Å². The van der Waals surface area contributed by atoms with Crippen LogP contribution in [0.2, 0.25) is 10.0 Å². The Morgan fingerprint density at radius 3 is 2.35 bits per heavy atom. The van der Waals surface area contributed by atoms with Crippen molar-refractivity contribution in [3.8, 4) is 40.0 Å². The van der Waals surface area contributed by atoms with Gasteiger partial charge in [0.25, 0.3) is 0 Å².